The van der Waals surface area contributed by atoms with Crippen LogP contribution in [0.4, 0.5) is 0 Å². The van der Waals surface area contributed by atoms with Crippen molar-refractivity contribution in [1.82, 2.24) is 10.2 Å². The Labute approximate surface area is 153 Å². The van der Waals surface area contributed by atoms with Crippen LogP contribution in [0.15, 0.2) is 60.7 Å². The van der Waals surface area contributed by atoms with E-state index in [0.717, 1.165) is 5.56 Å². The van der Waals surface area contributed by atoms with Gasteiger partial charge < -0.3 is 15.3 Å². The van der Waals surface area contributed by atoms with Gasteiger partial charge in [0.15, 0.2) is 0 Å². The van der Waals surface area contributed by atoms with Gasteiger partial charge in [0.2, 0.25) is 5.91 Å². The largest absolute Gasteiger partial charge is 0.389 e. The van der Waals surface area contributed by atoms with Crippen molar-refractivity contribution in [3.63, 3.8) is 0 Å². The molecule has 3 rings (SSSR count). The van der Waals surface area contributed by atoms with E-state index in [-0.39, 0.29) is 24.4 Å². The number of nitrogens with zero attached hydrogens (tertiary/aromatic N) is 1. The summed E-state index contributed by atoms with van der Waals surface area (Å²) in [5.41, 5.74) is 1.73. The van der Waals surface area contributed by atoms with E-state index in [4.69, 9.17) is 0 Å². The van der Waals surface area contributed by atoms with Gasteiger partial charge in [0.05, 0.1) is 12.1 Å². The maximum Gasteiger partial charge on any atom is 0.253 e. The zero-order valence-corrected chi connectivity index (χ0v) is 14.7. The van der Waals surface area contributed by atoms with E-state index in [2.05, 4.69) is 5.32 Å². The van der Waals surface area contributed by atoms with Crippen molar-refractivity contribution in [3.8, 4) is 0 Å². The Hall–Kier alpha value is -2.66. The summed E-state index contributed by atoms with van der Waals surface area (Å²) in [5, 5.41) is 13.3. The molecule has 0 radical (unpaired) electrons. The summed E-state index contributed by atoms with van der Waals surface area (Å²) in [6.45, 7) is 0.756. The molecule has 2 atom stereocenters. The number of rotatable bonds is 5. The van der Waals surface area contributed by atoms with Crippen LogP contribution < -0.4 is 5.32 Å². The van der Waals surface area contributed by atoms with Crippen LogP contribution in [0.2, 0.25) is 0 Å². The first kappa shape index (κ1) is 18.1. The molecule has 0 unspecified atom stereocenters. The fourth-order valence-electron chi connectivity index (χ4n) is 3.23. The van der Waals surface area contributed by atoms with Crippen molar-refractivity contribution in [1.29, 1.82) is 0 Å². The molecule has 2 aromatic rings. The van der Waals surface area contributed by atoms with Crippen LogP contribution in [-0.4, -0.2) is 47.1 Å². The highest BCUT2D eigenvalue weighted by molar-refractivity contribution is 5.94. The number of aryl methyl sites for hydroxylation is 1. The molecule has 2 aromatic carbocycles. The predicted molar refractivity (Wildman–Crippen MR) is 99.7 cm³/mol. The molecule has 5 heteroatoms. The number of benzene rings is 2. The van der Waals surface area contributed by atoms with E-state index in [9.17, 15) is 14.7 Å². The molecule has 0 aliphatic carbocycles. The highest BCUT2D eigenvalue weighted by atomic mass is 16.3. The topological polar surface area (TPSA) is 69.6 Å². The number of amides is 2. The lowest BCUT2D eigenvalue weighted by molar-refractivity contribution is -0.123. The summed E-state index contributed by atoms with van der Waals surface area (Å²) in [6.07, 6.45) is 0.863. The number of likely N-dealkylation sites (tertiary alicyclic amines) is 1. The second-order valence-electron chi connectivity index (χ2n) is 6.63. The predicted octanol–water partition coefficient (Wildman–Crippen LogP) is 2.01. The van der Waals surface area contributed by atoms with Crippen molar-refractivity contribution in [2.75, 3.05) is 13.1 Å². The van der Waals surface area contributed by atoms with Crippen LogP contribution in [-0.2, 0) is 11.2 Å². The number of aliphatic hydroxyl groups is 1. The van der Waals surface area contributed by atoms with Gasteiger partial charge >= 0.3 is 0 Å². The minimum absolute atomic E-state index is 0.0688. The zero-order valence-electron chi connectivity index (χ0n) is 14.7. The third kappa shape index (κ3) is 4.70. The molecule has 1 saturated heterocycles. The fourth-order valence-corrected chi connectivity index (χ4v) is 3.23. The van der Waals surface area contributed by atoms with E-state index < -0.39 is 6.10 Å². The van der Waals surface area contributed by atoms with Crippen molar-refractivity contribution in [2.45, 2.75) is 31.4 Å². The van der Waals surface area contributed by atoms with Crippen molar-refractivity contribution in [2.24, 2.45) is 0 Å². The summed E-state index contributed by atoms with van der Waals surface area (Å²) in [4.78, 5) is 26.3. The maximum atomic E-state index is 12.5. The van der Waals surface area contributed by atoms with Crippen LogP contribution in [0.5, 0.6) is 0 Å². The molecule has 136 valence electrons. The van der Waals surface area contributed by atoms with Crippen molar-refractivity contribution < 1.29 is 14.7 Å². The van der Waals surface area contributed by atoms with Crippen LogP contribution in [0, 0.1) is 0 Å². The van der Waals surface area contributed by atoms with Crippen molar-refractivity contribution in [3.05, 3.63) is 71.8 Å². The van der Waals surface area contributed by atoms with Gasteiger partial charge in [-0.25, -0.2) is 0 Å². The summed E-state index contributed by atoms with van der Waals surface area (Å²) in [5.74, 6) is -0.153. The number of β-amino-alcohol motifs (C(OH)–C–C–N with tert-alkyl or cyclic N) is 1. The number of aliphatic hydroxyl groups excluding tert-OH is 1. The SMILES string of the molecule is O=C(CCc1ccccc1)N[C@@H]1CCN(C(=O)c2ccccc2)C[C@H]1O. The number of carbonyl (C=O) groups is 2. The smallest absolute Gasteiger partial charge is 0.253 e. The Bertz CT molecular complexity index is 733. The van der Waals surface area contributed by atoms with Gasteiger partial charge in [0, 0.05) is 25.1 Å². The van der Waals surface area contributed by atoms with E-state index in [1.165, 1.54) is 0 Å². The van der Waals surface area contributed by atoms with Crippen LogP contribution >= 0.6 is 0 Å². The van der Waals surface area contributed by atoms with E-state index in [1.54, 1.807) is 17.0 Å². The molecule has 2 amide bonds. The first-order valence-electron chi connectivity index (χ1n) is 8.99. The number of piperidine rings is 1. The Kier molecular flexibility index (Phi) is 6.02. The summed E-state index contributed by atoms with van der Waals surface area (Å²) < 4.78 is 0. The Morgan fingerprint density at radius 1 is 1.04 bits per heavy atom. The zero-order chi connectivity index (χ0) is 18.4. The quantitative estimate of drug-likeness (QED) is 0.865. The molecule has 2 N–H and O–H groups in total. The molecule has 1 aliphatic heterocycles. The van der Waals surface area contributed by atoms with Gasteiger partial charge in [-0.2, -0.15) is 0 Å². The van der Waals surface area contributed by atoms with E-state index in [0.29, 0.717) is 31.4 Å². The lowest BCUT2D eigenvalue weighted by atomic mass is 10.00. The fraction of sp³-hybridized carbons (Fsp3) is 0.333. The third-order valence-electron chi connectivity index (χ3n) is 4.72. The van der Waals surface area contributed by atoms with Crippen LogP contribution in [0.1, 0.15) is 28.8 Å². The van der Waals surface area contributed by atoms with E-state index >= 15 is 0 Å². The molecule has 1 fully saturated rings. The van der Waals surface area contributed by atoms with Crippen LogP contribution in [0.25, 0.3) is 0 Å². The lowest BCUT2D eigenvalue weighted by Gasteiger charge is -2.36. The average Bonchev–Trinajstić information content (AvgIpc) is 2.69. The molecular formula is C21H24N2O3. The molecule has 0 aromatic heterocycles. The molecule has 1 aliphatic rings. The van der Waals surface area contributed by atoms with Gasteiger partial charge in [-0.05, 0) is 30.5 Å². The number of nitrogens with one attached hydrogen (secondary N) is 1. The van der Waals surface area contributed by atoms with Gasteiger partial charge in [0.1, 0.15) is 0 Å². The number of carbonyl (C=O) groups excluding carboxylic acids is 2. The average molecular weight is 352 g/mol. The normalized spacial score (nSPS) is 19.8. The highest BCUT2D eigenvalue weighted by Gasteiger charge is 2.31. The highest BCUT2D eigenvalue weighted by Crippen LogP contribution is 2.15. The second-order valence-corrected chi connectivity index (χ2v) is 6.63. The monoisotopic (exact) mass is 352 g/mol. The molecule has 0 bridgehead atoms. The number of hydrogen-bond donors (Lipinski definition) is 2. The Morgan fingerprint density at radius 2 is 1.69 bits per heavy atom. The lowest BCUT2D eigenvalue weighted by Crippen LogP contribution is -2.55. The molecule has 26 heavy (non-hydrogen) atoms. The standard InChI is InChI=1S/C21H24N2O3/c24-19-15-23(21(26)17-9-5-2-6-10-17)14-13-18(19)22-20(25)12-11-16-7-3-1-4-8-16/h1-10,18-19,24H,11-15H2,(H,22,25)/t18-,19-/m1/s1. The van der Waals surface area contributed by atoms with E-state index in [1.807, 2.05) is 48.5 Å². The minimum atomic E-state index is -0.753. The maximum absolute atomic E-state index is 12.5. The molecular weight excluding hydrogens is 328 g/mol. The number of hydrogen-bond acceptors (Lipinski definition) is 3. The summed E-state index contributed by atoms with van der Waals surface area (Å²) >= 11 is 0. The van der Waals surface area contributed by atoms with Crippen molar-refractivity contribution >= 4 is 11.8 Å². The van der Waals surface area contributed by atoms with Crippen LogP contribution in [0.3, 0.4) is 0 Å². The van der Waals surface area contributed by atoms with Gasteiger partial charge in [-0.15, -0.1) is 0 Å². The molecule has 5 nitrogen and oxygen atoms in total. The Balaban J connectivity index is 1.48. The van der Waals surface area contributed by atoms with Gasteiger partial charge in [-0.1, -0.05) is 48.5 Å². The van der Waals surface area contributed by atoms with Gasteiger partial charge in [0.25, 0.3) is 5.91 Å². The molecule has 0 spiro atoms. The van der Waals surface area contributed by atoms with Gasteiger partial charge in [-0.3, -0.25) is 9.59 Å². The first-order valence-corrected chi connectivity index (χ1v) is 8.99. The summed E-state index contributed by atoms with van der Waals surface area (Å²) in [7, 11) is 0. The Morgan fingerprint density at radius 3 is 2.35 bits per heavy atom. The third-order valence-corrected chi connectivity index (χ3v) is 4.72. The first-order chi connectivity index (χ1) is 12.6. The minimum Gasteiger partial charge on any atom is -0.389 e. The summed E-state index contributed by atoms with van der Waals surface area (Å²) in [6, 6.07) is 18.6. The molecule has 0 saturated carbocycles. The molecule has 1 heterocycles. The second kappa shape index (κ2) is 8.63.